The van der Waals surface area contributed by atoms with Crippen LogP contribution in [0.4, 0.5) is 0 Å². The van der Waals surface area contributed by atoms with Gasteiger partial charge in [0.2, 0.25) is 0 Å². The minimum absolute atomic E-state index is 0.275. The summed E-state index contributed by atoms with van der Waals surface area (Å²) >= 11 is 0. The van der Waals surface area contributed by atoms with E-state index in [1.54, 1.807) is 12.1 Å². The lowest BCUT2D eigenvalue weighted by Gasteiger charge is -2.02. The van der Waals surface area contributed by atoms with Crippen LogP contribution >= 0.6 is 0 Å². The highest BCUT2D eigenvalue weighted by molar-refractivity contribution is 5.94. The molecule has 0 unspecified atom stereocenters. The van der Waals surface area contributed by atoms with Gasteiger partial charge in [-0.1, -0.05) is 12.8 Å². The van der Waals surface area contributed by atoms with Crippen molar-refractivity contribution >= 4 is 11.6 Å². The third-order valence-electron chi connectivity index (χ3n) is 3.51. The van der Waals surface area contributed by atoms with Gasteiger partial charge in [0.15, 0.2) is 5.65 Å². The van der Waals surface area contributed by atoms with E-state index in [1.807, 2.05) is 16.8 Å². The maximum atomic E-state index is 11.1. The number of carboxylic acids is 1. The fraction of sp³-hybridized carbons (Fsp3) is 0.385. The summed E-state index contributed by atoms with van der Waals surface area (Å²) in [5, 5.41) is 9.10. The SMILES string of the molecule is O=C(O)c1cccn2cc(C3CCCC3)nc12. The normalized spacial score (nSPS) is 16.7. The van der Waals surface area contributed by atoms with E-state index in [9.17, 15) is 4.79 Å². The van der Waals surface area contributed by atoms with E-state index in [1.165, 1.54) is 25.7 Å². The average Bonchev–Trinajstić information content (AvgIpc) is 2.96. The maximum Gasteiger partial charge on any atom is 0.339 e. The number of aromatic carboxylic acids is 1. The highest BCUT2D eigenvalue weighted by atomic mass is 16.4. The lowest BCUT2D eigenvalue weighted by Crippen LogP contribution is -1.99. The van der Waals surface area contributed by atoms with E-state index in [0.717, 1.165) is 5.69 Å². The van der Waals surface area contributed by atoms with Gasteiger partial charge >= 0.3 is 5.97 Å². The monoisotopic (exact) mass is 230 g/mol. The van der Waals surface area contributed by atoms with Crippen molar-refractivity contribution in [1.29, 1.82) is 0 Å². The zero-order valence-corrected chi connectivity index (χ0v) is 9.47. The van der Waals surface area contributed by atoms with Crippen LogP contribution < -0.4 is 0 Å². The molecule has 1 fully saturated rings. The van der Waals surface area contributed by atoms with Gasteiger partial charge in [-0.2, -0.15) is 0 Å². The quantitative estimate of drug-likeness (QED) is 0.862. The fourth-order valence-corrected chi connectivity index (χ4v) is 2.62. The van der Waals surface area contributed by atoms with Gasteiger partial charge in [-0.05, 0) is 25.0 Å². The summed E-state index contributed by atoms with van der Waals surface area (Å²) in [6.07, 6.45) is 8.68. The van der Waals surface area contributed by atoms with Gasteiger partial charge in [-0.3, -0.25) is 0 Å². The smallest absolute Gasteiger partial charge is 0.339 e. The topological polar surface area (TPSA) is 54.6 Å². The maximum absolute atomic E-state index is 11.1. The van der Waals surface area contributed by atoms with E-state index in [2.05, 4.69) is 4.98 Å². The minimum atomic E-state index is -0.917. The molecule has 0 atom stereocenters. The minimum Gasteiger partial charge on any atom is -0.478 e. The molecule has 2 aromatic heterocycles. The molecule has 1 N–H and O–H groups in total. The van der Waals surface area contributed by atoms with Crippen molar-refractivity contribution < 1.29 is 9.90 Å². The molecule has 2 aromatic rings. The van der Waals surface area contributed by atoms with Gasteiger partial charge in [0, 0.05) is 18.3 Å². The molecule has 3 rings (SSSR count). The first-order chi connectivity index (χ1) is 8.25. The number of imidazole rings is 1. The van der Waals surface area contributed by atoms with Crippen LogP contribution in [-0.4, -0.2) is 20.5 Å². The Hall–Kier alpha value is -1.84. The van der Waals surface area contributed by atoms with Crippen molar-refractivity contribution in [3.63, 3.8) is 0 Å². The summed E-state index contributed by atoms with van der Waals surface area (Å²) < 4.78 is 1.82. The second-order valence-corrected chi connectivity index (χ2v) is 4.61. The number of hydrogen-bond acceptors (Lipinski definition) is 2. The standard InChI is InChI=1S/C13H14N2O2/c16-13(17)10-6-3-7-15-8-11(14-12(10)15)9-4-1-2-5-9/h3,6-9H,1-2,4-5H2,(H,16,17). The number of hydrogen-bond donors (Lipinski definition) is 1. The summed E-state index contributed by atoms with van der Waals surface area (Å²) in [4.78, 5) is 15.6. The number of rotatable bonds is 2. The second kappa shape index (κ2) is 3.87. The molecule has 0 saturated heterocycles. The summed E-state index contributed by atoms with van der Waals surface area (Å²) in [7, 11) is 0. The van der Waals surface area contributed by atoms with Crippen LogP contribution in [0.25, 0.3) is 5.65 Å². The number of pyridine rings is 1. The summed E-state index contributed by atoms with van der Waals surface area (Å²) in [5.74, 6) is -0.407. The zero-order chi connectivity index (χ0) is 11.8. The van der Waals surface area contributed by atoms with Gasteiger partial charge in [0.05, 0.1) is 5.69 Å². The van der Waals surface area contributed by atoms with Crippen LogP contribution in [0.3, 0.4) is 0 Å². The van der Waals surface area contributed by atoms with Crippen molar-refractivity contribution in [2.45, 2.75) is 31.6 Å². The third kappa shape index (κ3) is 1.69. The van der Waals surface area contributed by atoms with Gasteiger partial charge in [-0.25, -0.2) is 9.78 Å². The molecule has 0 aliphatic heterocycles. The summed E-state index contributed by atoms with van der Waals surface area (Å²) in [6.45, 7) is 0. The Morgan fingerprint density at radius 2 is 2.18 bits per heavy atom. The highest BCUT2D eigenvalue weighted by Crippen LogP contribution is 2.33. The summed E-state index contributed by atoms with van der Waals surface area (Å²) in [5.41, 5.74) is 1.87. The number of aromatic nitrogens is 2. The van der Waals surface area contributed by atoms with Gasteiger partial charge in [-0.15, -0.1) is 0 Å². The molecule has 2 heterocycles. The lowest BCUT2D eigenvalue weighted by molar-refractivity contribution is 0.0698. The number of nitrogens with zero attached hydrogens (tertiary/aromatic N) is 2. The zero-order valence-electron chi connectivity index (χ0n) is 9.47. The average molecular weight is 230 g/mol. The van der Waals surface area contributed by atoms with E-state index in [0.29, 0.717) is 11.6 Å². The molecular formula is C13H14N2O2. The highest BCUT2D eigenvalue weighted by Gasteiger charge is 2.21. The van der Waals surface area contributed by atoms with Crippen LogP contribution in [0.2, 0.25) is 0 Å². The second-order valence-electron chi connectivity index (χ2n) is 4.61. The number of carbonyl (C=O) groups is 1. The van der Waals surface area contributed by atoms with Crippen molar-refractivity contribution in [3.8, 4) is 0 Å². The molecule has 0 bridgehead atoms. The molecule has 0 aromatic carbocycles. The first-order valence-corrected chi connectivity index (χ1v) is 5.96. The van der Waals surface area contributed by atoms with E-state index in [-0.39, 0.29) is 5.56 Å². The predicted molar refractivity (Wildman–Crippen MR) is 63.4 cm³/mol. The Morgan fingerprint density at radius 1 is 1.41 bits per heavy atom. The Morgan fingerprint density at radius 3 is 2.88 bits per heavy atom. The number of carboxylic acid groups (broad SMARTS) is 1. The van der Waals surface area contributed by atoms with Crippen molar-refractivity contribution in [2.24, 2.45) is 0 Å². The van der Waals surface area contributed by atoms with Gasteiger partial charge in [0.25, 0.3) is 0 Å². The Bertz CT molecular complexity index is 568. The first-order valence-electron chi connectivity index (χ1n) is 5.96. The van der Waals surface area contributed by atoms with E-state index >= 15 is 0 Å². The molecule has 0 spiro atoms. The summed E-state index contributed by atoms with van der Waals surface area (Å²) in [6, 6.07) is 3.35. The Balaban J connectivity index is 2.11. The van der Waals surface area contributed by atoms with Gasteiger partial charge < -0.3 is 9.51 Å². The third-order valence-corrected chi connectivity index (χ3v) is 3.51. The molecular weight excluding hydrogens is 216 g/mol. The van der Waals surface area contributed by atoms with Crippen molar-refractivity contribution in [1.82, 2.24) is 9.38 Å². The van der Waals surface area contributed by atoms with Crippen LogP contribution in [0.1, 0.15) is 47.7 Å². The van der Waals surface area contributed by atoms with E-state index in [4.69, 9.17) is 5.11 Å². The molecule has 0 radical (unpaired) electrons. The Kier molecular flexibility index (Phi) is 2.35. The Labute approximate surface area is 98.9 Å². The van der Waals surface area contributed by atoms with Gasteiger partial charge in [0.1, 0.15) is 5.56 Å². The molecule has 17 heavy (non-hydrogen) atoms. The van der Waals surface area contributed by atoms with Crippen molar-refractivity contribution in [3.05, 3.63) is 35.8 Å². The molecule has 88 valence electrons. The molecule has 1 aliphatic carbocycles. The molecule has 1 aliphatic rings. The molecule has 0 amide bonds. The van der Waals surface area contributed by atoms with Crippen LogP contribution in [0.15, 0.2) is 24.5 Å². The van der Waals surface area contributed by atoms with Crippen LogP contribution in [-0.2, 0) is 0 Å². The van der Waals surface area contributed by atoms with Crippen LogP contribution in [0, 0.1) is 0 Å². The molecule has 4 nitrogen and oxygen atoms in total. The largest absolute Gasteiger partial charge is 0.478 e. The number of fused-ring (bicyclic) bond motifs is 1. The fourth-order valence-electron chi connectivity index (χ4n) is 2.62. The van der Waals surface area contributed by atoms with E-state index < -0.39 is 5.97 Å². The van der Waals surface area contributed by atoms with Crippen LogP contribution in [0.5, 0.6) is 0 Å². The molecule has 4 heteroatoms. The molecule has 1 saturated carbocycles. The predicted octanol–water partition coefficient (Wildman–Crippen LogP) is 2.69. The lowest BCUT2D eigenvalue weighted by atomic mass is 10.1. The first kappa shape index (κ1) is 10.3. The van der Waals surface area contributed by atoms with Crippen molar-refractivity contribution in [2.75, 3.05) is 0 Å².